The number of allylic oxidation sites excluding steroid dienone is 2. The molecule has 0 N–H and O–H groups in total. The van der Waals surface area contributed by atoms with Crippen LogP contribution < -0.4 is 4.90 Å². The molecular formula is C12H11N3. The Hall–Kier alpha value is -2.26. The van der Waals surface area contributed by atoms with Crippen molar-refractivity contribution in [2.45, 2.75) is 6.42 Å². The Kier molecular flexibility index (Phi) is 3.94. The number of para-hydroxylation sites is 1. The number of hydrogen-bond acceptors (Lipinski definition) is 3. The van der Waals surface area contributed by atoms with Gasteiger partial charge in [-0.3, -0.25) is 0 Å². The lowest BCUT2D eigenvalue weighted by molar-refractivity contribution is 1.03. The molecular weight excluding hydrogens is 186 g/mol. The van der Waals surface area contributed by atoms with Crippen LogP contribution in [0.1, 0.15) is 6.42 Å². The van der Waals surface area contributed by atoms with Crippen molar-refractivity contribution >= 4 is 5.69 Å². The van der Waals surface area contributed by atoms with E-state index in [0.29, 0.717) is 5.70 Å². The topological polar surface area (TPSA) is 50.8 Å². The van der Waals surface area contributed by atoms with Gasteiger partial charge >= 0.3 is 0 Å². The van der Waals surface area contributed by atoms with Gasteiger partial charge in [-0.05, 0) is 12.1 Å². The number of nitrogens with zero attached hydrogens (tertiary/aromatic N) is 3. The Bertz CT molecular complexity index is 420. The van der Waals surface area contributed by atoms with Crippen LogP contribution in [0.3, 0.4) is 0 Å². The van der Waals surface area contributed by atoms with Crippen LogP contribution in [0.2, 0.25) is 0 Å². The van der Waals surface area contributed by atoms with Crippen LogP contribution in [0.5, 0.6) is 0 Å². The summed E-state index contributed by atoms with van der Waals surface area (Å²) in [5.74, 6) is 0. The Morgan fingerprint density at radius 1 is 1.33 bits per heavy atom. The second-order valence-electron chi connectivity index (χ2n) is 2.99. The third-order valence-corrected chi connectivity index (χ3v) is 2.07. The summed E-state index contributed by atoms with van der Waals surface area (Å²) >= 11 is 0. The molecule has 0 radical (unpaired) electrons. The second kappa shape index (κ2) is 5.47. The van der Waals surface area contributed by atoms with E-state index in [1.165, 1.54) is 6.08 Å². The van der Waals surface area contributed by atoms with Crippen molar-refractivity contribution in [2.24, 2.45) is 0 Å². The molecule has 0 aliphatic heterocycles. The number of nitriles is 2. The summed E-state index contributed by atoms with van der Waals surface area (Å²) < 4.78 is 0. The summed E-state index contributed by atoms with van der Waals surface area (Å²) in [5, 5.41) is 17.2. The van der Waals surface area contributed by atoms with Gasteiger partial charge in [0.1, 0.15) is 0 Å². The molecule has 0 aromatic heterocycles. The summed E-state index contributed by atoms with van der Waals surface area (Å²) in [6, 6.07) is 13.6. The molecule has 1 aromatic rings. The first-order chi connectivity index (χ1) is 7.29. The Morgan fingerprint density at radius 2 is 2.00 bits per heavy atom. The third-order valence-electron chi connectivity index (χ3n) is 2.07. The lowest BCUT2D eigenvalue weighted by Crippen LogP contribution is -2.15. The van der Waals surface area contributed by atoms with Crippen LogP contribution >= 0.6 is 0 Å². The molecule has 0 fully saturated rings. The van der Waals surface area contributed by atoms with Crippen LogP contribution in [-0.4, -0.2) is 7.05 Å². The van der Waals surface area contributed by atoms with Gasteiger partial charge in [0, 0.05) is 24.5 Å². The van der Waals surface area contributed by atoms with Crippen molar-refractivity contribution in [2.75, 3.05) is 11.9 Å². The monoisotopic (exact) mass is 197 g/mol. The number of anilines is 1. The molecule has 0 saturated carbocycles. The van der Waals surface area contributed by atoms with E-state index in [2.05, 4.69) is 0 Å². The molecule has 0 spiro atoms. The van der Waals surface area contributed by atoms with E-state index in [1.807, 2.05) is 54.4 Å². The van der Waals surface area contributed by atoms with Gasteiger partial charge in [-0.1, -0.05) is 18.2 Å². The van der Waals surface area contributed by atoms with Crippen molar-refractivity contribution < 1.29 is 0 Å². The molecule has 0 bridgehead atoms. The molecule has 0 atom stereocenters. The van der Waals surface area contributed by atoms with E-state index in [-0.39, 0.29) is 6.42 Å². The molecule has 0 heterocycles. The van der Waals surface area contributed by atoms with Gasteiger partial charge in [0.25, 0.3) is 0 Å². The molecule has 0 unspecified atom stereocenters. The highest BCUT2D eigenvalue weighted by atomic mass is 15.1. The Morgan fingerprint density at radius 3 is 2.53 bits per heavy atom. The van der Waals surface area contributed by atoms with Crippen molar-refractivity contribution in [1.82, 2.24) is 0 Å². The molecule has 0 amide bonds. The first kappa shape index (κ1) is 10.8. The van der Waals surface area contributed by atoms with E-state index < -0.39 is 0 Å². The fourth-order valence-electron chi connectivity index (χ4n) is 1.24. The Balaban J connectivity index is 2.93. The third kappa shape index (κ3) is 2.86. The molecule has 3 nitrogen and oxygen atoms in total. The van der Waals surface area contributed by atoms with Crippen LogP contribution in [0.25, 0.3) is 0 Å². The van der Waals surface area contributed by atoms with E-state index in [0.717, 1.165) is 5.69 Å². The van der Waals surface area contributed by atoms with Crippen LogP contribution in [0, 0.1) is 22.7 Å². The lowest BCUT2D eigenvalue weighted by Gasteiger charge is -2.20. The molecule has 1 aromatic carbocycles. The maximum atomic E-state index is 8.63. The molecule has 15 heavy (non-hydrogen) atoms. The maximum absolute atomic E-state index is 8.63. The van der Waals surface area contributed by atoms with Crippen LogP contribution in [0.15, 0.2) is 42.1 Å². The first-order valence-corrected chi connectivity index (χ1v) is 4.54. The predicted molar refractivity (Wildman–Crippen MR) is 58.8 cm³/mol. The predicted octanol–water partition coefficient (Wildman–Crippen LogP) is 2.44. The standard InChI is InChI=1S/C12H11N3/c1-15(11-5-3-2-4-6-11)12(7-9-13)8-10-14/h2-7H,8H2,1H3/b12-7+. The van der Waals surface area contributed by atoms with Crippen molar-refractivity contribution in [3.63, 3.8) is 0 Å². The molecule has 1 rings (SSSR count). The normalized spacial score (nSPS) is 10.2. The summed E-state index contributed by atoms with van der Waals surface area (Å²) in [6.45, 7) is 0. The molecule has 0 saturated heterocycles. The molecule has 0 aliphatic rings. The van der Waals surface area contributed by atoms with Gasteiger partial charge < -0.3 is 4.90 Å². The van der Waals surface area contributed by atoms with E-state index in [4.69, 9.17) is 10.5 Å². The number of rotatable bonds is 3. The average molecular weight is 197 g/mol. The van der Waals surface area contributed by atoms with Crippen molar-refractivity contribution in [1.29, 1.82) is 10.5 Å². The van der Waals surface area contributed by atoms with Gasteiger partial charge in [0.05, 0.1) is 18.6 Å². The highest BCUT2D eigenvalue weighted by Gasteiger charge is 2.05. The van der Waals surface area contributed by atoms with Gasteiger partial charge in [0.15, 0.2) is 0 Å². The minimum Gasteiger partial charge on any atom is -0.347 e. The first-order valence-electron chi connectivity index (χ1n) is 4.54. The van der Waals surface area contributed by atoms with Gasteiger partial charge in [-0.2, -0.15) is 10.5 Å². The van der Waals surface area contributed by atoms with E-state index in [9.17, 15) is 0 Å². The minimum atomic E-state index is 0.235. The van der Waals surface area contributed by atoms with Gasteiger partial charge in [-0.15, -0.1) is 0 Å². The van der Waals surface area contributed by atoms with Crippen LogP contribution in [-0.2, 0) is 0 Å². The molecule has 74 valence electrons. The largest absolute Gasteiger partial charge is 0.347 e. The van der Waals surface area contributed by atoms with E-state index >= 15 is 0 Å². The SMILES string of the molecule is CN(/C(=C/C#N)CC#N)c1ccccc1. The zero-order valence-electron chi connectivity index (χ0n) is 8.51. The summed E-state index contributed by atoms with van der Waals surface area (Å²) in [4.78, 5) is 1.84. The van der Waals surface area contributed by atoms with Gasteiger partial charge in [-0.25, -0.2) is 0 Å². The quantitative estimate of drug-likeness (QED) is 0.699. The molecule has 0 aliphatic carbocycles. The summed E-state index contributed by atoms with van der Waals surface area (Å²) in [5.41, 5.74) is 1.67. The zero-order chi connectivity index (χ0) is 11.1. The lowest BCUT2D eigenvalue weighted by atomic mass is 10.2. The number of benzene rings is 1. The van der Waals surface area contributed by atoms with Gasteiger partial charge in [0.2, 0.25) is 0 Å². The summed E-state index contributed by atoms with van der Waals surface area (Å²) in [7, 11) is 1.84. The maximum Gasteiger partial charge on any atom is 0.0930 e. The average Bonchev–Trinajstić information content (AvgIpc) is 2.29. The second-order valence-corrected chi connectivity index (χ2v) is 2.99. The summed E-state index contributed by atoms with van der Waals surface area (Å²) in [6.07, 6.45) is 1.63. The molecule has 3 heteroatoms. The fraction of sp³-hybridized carbons (Fsp3) is 0.167. The zero-order valence-corrected chi connectivity index (χ0v) is 8.51. The Labute approximate surface area is 89.5 Å². The van der Waals surface area contributed by atoms with Crippen LogP contribution in [0.4, 0.5) is 5.69 Å². The van der Waals surface area contributed by atoms with E-state index in [1.54, 1.807) is 0 Å². The smallest absolute Gasteiger partial charge is 0.0930 e. The highest BCUT2D eigenvalue weighted by Crippen LogP contribution is 2.17. The van der Waals surface area contributed by atoms with Crippen molar-refractivity contribution in [3.05, 3.63) is 42.1 Å². The highest BCUT2D eigenvalue weighted by molar-refractivity contribution is 5.52. The number of hydrogen-bond donors (Lipinski definition) is 0. The van der Waals surface area contributed by atoms with Crippen molar-refractivity contribution in [3.8, 4) is 12.1 Å². The minimum absolute atomic E-state index is 0.235. The fourth-order valence-corrected chi connectivity index (χ4v) is 1.24.